The van der Waals surface area contributed by atoms with Gasteiger partial charge in [0.25, 0.3) is 0 Å². The number of rotatable bonds is 3. The van der Waals surface area contributed by atoms with Crippen LogP contribution in [0.3, 0.4) is 0 Å². The Hall–Kier alpha value is -2.44. The van der Waals surface area contributed by atoms with Gasteiger partial charge in [-0.15, -0.1) is 0 Å². The first-order valence-corrected chi connectivity index (χ1v) is 8.42. The van der Waals surface area contributed by atoms with Crippen LogP contribution in [0.15, 0.2) is 18.2 Å². The Bertz CT molecular complexity index is 721. The number of nitrogens with zero attached hydrogens (tertiary/aromatic N) is 2. The van der Waals surface area contributed by atoms with Crippen molar-refractivity contribution < 1.29 is 23.5 Å². The van der Waals surface area contributed by atoms with Gasteiger partial charge in [0, 0.05) is 24.9 Å². The third-order valence-corrected chi connectivity index (χ3v) is 4.81. The Balaban J connectivity index is 1.64. The number of ketones is 1. The number of amides is 2. The lowest BCUT2D eigenvalue weighted by molar-refractivity contribution is -0.136. The van der Waals surface area contributed by atoms with E-state index in [0.29, 0.717) is 24.9 Å². The molecule has 0 radical (unpaired) electrons. The number of fused-ring (bicyclic) bond motifs is 1. The van der Waals surface area contributed by atoms with E-state index in [1.165, 1.54) is 22.8 Å². The number of carbonyl (C=O) groups excluding carboxylic acids is 3. The molecule has 1 aromatic carbocycles. The van der Waals surface area contributed by atoms with Crippen LogP contribution in [0.25, 0.3) is 0 Å². The van der Waals surface area contributed by atoms with E-state index in [1.54, 1.807) is 19.1 Å². The summed E-state index contributed by atoms with van der Waals surface area (Å²) >= 11 is 0. The van der Waals surface area contributed by atoms with Gasteiger partial charge in [0.15, 0.2) is 5.78 Å². The van der Waals surface area contributed by atoms with Gasteiger partial charge in [0.1, 0.15) is 11.9 Å². The molecule has 0 unspecified atom stereocenters. The molecule has 1 aromatic rings. The smallest absolute Gasteiger partial charge is 0.410 e. The lowest BCUT2D eigenvalue weighted by Crippen LogP contribution is -2.39. The van der Waals surface area contributed by atoms with E-state index in [-0.39, 0.29) is 30.6 Å². The zero-order valence-corrected chi connectivity index (χ0v) is 14.3. The highest BCUT2D eigenvalue weighted by Crippen LogP contribution is 2.27. The second-order valence-electron chi connectivity index (χ2n) is 6.50. The number of hydrogen-bond donors (Lipinski definition) is 0. The molecule has 2 atom stereocenters. The highest BCUT2D eigenvalue weighted by atomic mass is 19.1. The summed E-state index contributed by atoms with van der Waals surface area (Å²) in [6.07, 6.45) is -0.466. The van der Waals surface area contributed by atoms with Gasteiger partial charge in [0.05, 0.1) is 19.1 Å². The standard InChI is InChI=1S/C18H21FN2O4/c1-3-17(23)21-9-13(7-16(21)11(2)22)25-18(24)20-8-12-5-4-6-15(19)14(12)10-20/h4-6,13,16H,3,7-10H2,1-2H3/t13-,16+/m1/s1. The van der Waals surface area contributed by atoms with Crippen molar-refractivity contribution in [1.82, 2.24) is 9.80 Å². The minimum absolute atomic E-state index is 0.115. The molecule has 0 spiro atoms. The van der Waals surface area contributed by atoms with E-state index < -0.39 is 18.2 Å². The second kappa shape index (κ2) is 6.82. The van der Waals surface area contributed by atoms with Crippen molar-refractivity contribution >= 4 is 17.8 Å². The maximum atomic E-state index is 13.8. The van der Waals surface area contributed by atoms with E-state index in [4.69, 9.17) is 4.74 Å². The molecule has 0 aromatic heterocycles. The quantitative estimate of drug-likeness (QED) is 0.840. The SMILES string of the molecule is CCC(=O)N1C[C@H](OC(=O)N2Cc3cccc(F)c3C2)C[C@H]1C(C)=O. The van der Waals surface area contributed by atoms with Crippen LogP contribution in [-0.2, 0) is 27.4 Å². The Kier molecular flexibility index (Phi) is 4.74. The van der Waals surface area contributed by atoms with Crippen LogP contribution in [0.1, 0.15) is 37.8 Å². The van der Waals surface area contributed by atoms with E-state index >= 15 is 0 Å². The summed E-state index contributed by atoms with van der Waals surface area (Å²) in [7, 11) is 0. The number of benzene rings is 1. The molecule has 3 rings (SSSR count). The maximum absolute atomic E-state index is 13.8. The van der Waals surface area contributed by atoms with E-state index in [2.05, 4.69) is 0 Å². The zero-order valence-electron chi connectivity index (χ0n) is 14.3. The molecule has 2 heterocycles. The van der Waals surface area contributed by atoms with Crippen LogP contribution in [0.5, 0.6) is 0 Å². The molecule has 2 aliphatic heterocycles. The predicted molar refractivity (Wildman–Crippen MR) is 87.0 cm³/mol. The van der Waals surface area contributed by atoms with Crippen molar-refractivity contribution in [1.29, 1.82) is 0 Å². The fourth-order valence-electron chi connectivity index (χ4n) is 3.47. The van der Waals surface area contributed by atoms with Crippen LogP contribution in [0, 0.1) is 5.82 Å². The van der Waals surface area contributed by atoms with Crippen molar-refractivity contribution in [3.05, 3.63) is 35.1 Å². The van der Waals surface area contributed by atoms with Gasteiger partial charge in [-0.25, -0.2) is 9.18 Å². The van der Waals surface area contributed by atoms with Crippen molar-refractivity contribution in [2.24, 2.45) is 0 Å². The molecule has 2 amide bonds. The minimum atomic E-state index is -0.548. The van der Waals surface area contributed by atoms with E-state index in [0.717, 1.165) is 5.56 Å². The molecule has 1 saturated heterocycles. The molecule has 7 heteroatoms. The number of carbonyl (C=O) groups is 3. The summed E-state index contributed by atoms with van der Waals surface area (Å²) in [6, 6.07) is 4.23. The third-order valence-electron chi connectivity index (χ3n) is 4.81. The Morgan fingerprint density at radius 2 is 2.04 bits per heavy atom. The first kappa shape index (κ1) is 17.4. The molecule has 25 heavy (non-hydrogen) atoms. The normalized spacial score (nSPS) is 22.0. The van der Waals surface area contributed by atoms with E-state index in [1.807, 2.05) is 0 Å². The number of Topliss-reactive ketones (excluding diaryl/α,β-unsaturated/α-hetero) is 1. The topological polar surface area (TPSA) is 66.9 Å². The van der Waals surface area contributed by atoms with Gasteiger partial charge >= 0.3 is 6.09 Å². The maximum Gasteiger partial charge on any atom is 0.410 e. The van der Waals surface area contributed by atoms with Gasteiger partial charge in [-0.3, -0.25) is 14.5 Å². The minimum Gasteiger partial charge on any atom is -0.444 e. The molecule has 0 saturated carbocycles. The molecular formula is C18H21FN2O4. The first-order chi connectivity index (χ1) is 11.9. The summed E-state index contributed by atoms with van der Waals surface area (Å²) in [5.74, 6) is -0.574. The van der Waals surface area contributed by atoms with Crippen molar-refractivity contribution in [3.63, 3.8) is 0 Å². The van der Waals surface area contributed by atoms with Gasteiger partial charge < -0.3 is 9.64 Å². The monoisotopic (exact) mass is 348 g/mol. The van der Waals surface area contributed by atoms with Gasteiger partial charge in [-0.05, 0) is 18.6 Å². The van der Waals surface area contributed by atoms with Crippen LogP contribution in [0.2, 0.25) is 0 Å². The van der Waals surface area contributed by atoms with Gasteiger partial charge in [-0.1, -0.05) is 19.1 Å². The second-order valence-corrected chi connectivity index (χ2v) is 6.50. The summed E-state index contributed by atoms with van der Waals surface area (Å²) < 4.78 is 19.3. The molecule has 1 fully saturated rings. The largest absolute Gasteiger partial charge is 0.444 e. The molecule has 0 N–H and O–H groups in total. The number of likely N-dealkylation sites (tertiary alicyclic amines) is 1. The number of hydrogen-bond acceptors (Lipinski definition) is 4. The lowest BCUT2D eigenvalue weighted by atomic mass is 10.1. The molecule has 6 nitrogen and oxygen atoms in total. The molecule has 134 valence electrons. The lowest BCUT2D eigenvalue weighted by Gasteiger charge is -2.21. The molecule has 0 aliphatic carbocycles. The molecule has 0 bridgehead atoms. The highest BCUT2D eigenvalue weighted by molar-refractivity contribution is 5.88. The van der Waals surface area contributed by atoms with Crippen molar-refractivity contribution in [2.75, 3.05) is 6.54 Å². The Morgan fingerprint density at radius 3 is 2.68 bits per heavy atom. The summed E-state index contributed by atoms with van der Waals surface area (Å²) in [6.45, 7) is 3.85. The summed E-state index contributed by atoms with van der Waals surface area (Å²) in [5, 5.41) is 0. The average molecular weight is 348 g/mol. The summed E-state index contributed by atoms with van der Waals surface area (Å²) in [5.41, 5.74) is 1.28. The van der Waals surface area contributed by atoms with E-state index in [9.17, 15) is 18.8 Å². The van der Waals surface area contributed by atoms with Crippen LogP contribution >= 0.6 is 0 Å². The van der Waals surface area contributed by atoms with Crippen LogP contribution in [-0.4, -0.2) is 46.3 Å². The molecular weight excluding hydrogens is 327 g/mol. The number of ether oxygens (including phenoxy) is 1. The first-order valence-electron chi connectivity index (χ1n) is 8.42. The van der Waals surface area contributed by atoms with Crippen LogP contribution < -0.4 is 0 Å². The Morgan fingerprint density at radius 1 is 1.28 bits per heavy atom. The highest BCUT2D eigenvalue weighted by Gasteiger charge is 2.40. The third kappa shape index (κ3) is 3.36. The Labute approximate surface area is 145 Å². The average Bonchev–Trinajstić information content (AvgIpc) is 3.19. The molecule has 2 aliphatic rings. The fraction of sp³-hybridized carbons (Fsp3) is 0.500. The summed E-state index contributed by atoms with van der Waals surface area (Å²) in [4.78, 5) is 39.1. The fourth-order valence-corrected chi connectivity index (χ4v) is 3.47. The predicted octanol–water partition coefficient (Wildman–Crippen LogP) is 2.25. The van der Waals surface area contributed by atoms with Crippen molar-refractivity contribution in [2.45, 2.75) is 51.9 Å². The van der Waals surface area contributed by atoms with Crippen molar-refractivity contribution in [3.8, 4) is 0 Å². The van der Waals surface area contributed by atoms with Gasteiger partial charge in [0.2, 0.25) is 5.91 Å². The zero-order chi connectivity index (χ0) is 18.1. The van der Waals surface area contributed by atoms with Crippen LogP contribution in [0.4, 0.5) is 9.18 Å². The van der Waals surface area contributed by atoms with Gasteiger partial charge in [-0.2, -0.15) is 0 Å². The number of halogens is 1.